The van der Waals surface area contributed by atoms with Crippen LogP contribution in [0.15, 0.2) is 78.4 Å². The van der Waals surface area contributed by atoms with Crippen molar-refractivity contribution in [3.05, 3.63) is 95.4 Å². The van der Waals surface area contributed by atoms with Crippen LogP contribution in [0, 0.1) is 12.3 Å². The van der Waals surface area contributed by atoms with Gasteiger partial charge in [0.25, 0.3) is 5.91 Å². The summed E-state index contributed by atoms with van der Waals surface area (Å²) in [5.74, 6) is -1.08. The molecule has 7 rings (SSSR count). The number of carbonyl (C=O) groups is 4. The maximum Gasteiger partial charge on any atom is 0.274 e. The quantitative estimate of drug-likeness (QED) is 0.0615. The van der Waals surface area contributed by atoms with Gasteiger partial charge in [-0.15, -0.1) is 11.3 Å². The van der Waals surface area contributed by atoms with Gasteiger partial charge >= 0.3 is 0 Å². The predicted octanol–water partition coefficient (Wildman–Crippen LogP) is 4.15. The van der Waals surface area contributed by atoms with Crippen LogP contribution in [0.3, 0.4) is 0 Å². The van der Waals surface area contributed by atoms with Crippen LogP contribution < -0.4 is 25.6 Å². The first-order valence-corrected chi connectivity index (χ1v) is 24.4. The van der Waals surface area contributed by atoms with Crippen LogP contribution in [0.2, 0.25) is 0 Å². The number of likely N-dealkylation sites (tertiary alicyclic amines) is 1. The van der Waals surface area contributed by atoms with E-state index < -0.39 is 35.4 Å². The smallest absolute Gasteiger partial charge is 0.274 e. The minimum atomic E-state index is -0.962. The number of hydrogen-bond donors (Lipinski definition) is 5. The Bertz CT molecular complexity index is 2510. The molecule has 3 aromatic heterocycles. The van der Waals surface area contributed by atoms with Gasteiger partial charge in [-0.25, -0.2) is 9.97 Å². The second-order valence-electron chi connectivity index (χ2n) is 18.3. The third-order valence-electron chi connectivity index (χ3n) is 12.2. The zero-order valence-corrected chi connectivity index (χ0v) is 41.3. The molecule has 0 unspecified atom stereocenters. The van der Waals surface area contributed by atoms with Gasteiger partial charge in [-0.1, -0.05) is 51.1 Å². The third kappa shape index (κ3) is 13.9. The average molecular weight is 981 g/mol. The molecule has 2 fully saturated rings. The van der Waals surface area contributed by atoms with E-state index in [0.717, 1.165) is 65.8 Å². The summed E-state index contributed by atoms with van der Waals surface area (Å²) in [6.45, 7) is 13.3. The zero-order chi connectivity index (χ0) is 49.6. The van der Waals surface area contributed by atoms with Crippen molar-refractivity contribution in [2.75, 3.05) is 96.2 Å². The van der Waals surface area contributed by atoms with Crippen molar-refractivity contribution < 1.29 is 43.2 Å². The SMILES string of the molecule is COc1cc(N2CCN(CCOCCOCCOCC(=O)N[C@H](C(=O)N3C[C@H](O)C[C@H]3C(=O)NCc3ccc(-c4scnc4C)cc3)C(C)(C)C)CC2)ccc1NC(=O)c1cccc(-c2ccn[nH]2)n1. The van der Waals surface area contributed by atoms with Crippen molar-refractivity contribution in [1.29, 1.82) is 0 Å². The Morgan fingerprint density at radius 2 is 1.67 bits per heavy atom. The second kappa shape index (κ2) is 24.5. The molecule has 5 aromatic rings. The van der Waals surface area contributed by atoms with Crippen LogP contribution in [-0.2, 0) is 35.1 Å². The van der Waals surface area contributed by atoms with Crippen LogP contribution in [0.5, 0.6) is 5.75 Å². The first-order chi connectivity index (χ1) is 33.8. The van der Waals surface area contributed by atoms with E-state index in [2.05, 4.69) is 45.9 Å². The molecule has 5 N–H and O–H groups in total. The summed E-state index contributed by atoms with van der Waals surface area (Å²) >= 11 is 1.57. The Kier molecular flexibility index (Phi) is 18.1. The first-order valence-electron chi connectivity index (χ1n) is 23.5. The van der Waals surface area contributed by atoms with E-state index in [0.29, 0.717) is 37.0 Å². The molecule has 0 spiro atoms. The van der Waals surface area contributed by atoms with Crippen molar-refractivity contribution in [3.63, 3.8) is 0 Å². The Morgan fingerprint density at radius 1 is 0.929 bits per heavy atom. The van der Waals surface area contributed by atoms with Crippen LogP contribution in [0.4, 0.5) is 11.4 Å². The molecule has 2 aromatic carbocycles. The van der Waals surface area contributed by atoms with Gasteiger partial charge in [-0.05, 0) is 53.8 Å². The molecule has 19 nitrogen and oxygen atoms in total. The van der Waals surface area contributed by atoms with Crippen LogP contribution in [0.1, 0.15) is 48.9 Å². The number of ether oxygens (including phenoxy) is 4. The number of aliphatic hydroxyl groups excluding tert-OH is 1. The lowest BCUT2D eigenvalue weighted by Crippen LogP contribution is -2.58. The maximum absolute atomic E-state index is 14.0. The van der Waals surface area contributed by atoms with Crippen LogP contribution in [-0.4, -0.2) is 163 Å². The maximum atomic E-state index is 14.0. The minimum absolute atomic E-state index is 0.0148. The fourth-order valence-electron chi connectivity index (χ4n) is 8.29. The topological polar surface area (TPSA) is 226 Å². The Labute approximate surface area is 412 Å². The summed E-state index contributed by atoms with van der Waals surface area (Å²) in [6.07, 6.45) is 0.861. The number of aromatic nitrogens is 4. The van der Waals surface area contributed by atoms with E-state index >= 15 is 0 Å². The molecule has 0 bridgehead atoms. The Balaban J connectivity index is 0.747. The number of anilines is 2. The van der Waals surface area contributed by atoms with Crippen molar-refractivity contribution in [2.45, 2.75) is 58.8 Å². The summed E-state index contributed by atoms with van der Waals surface area (Å²) in [5, 5.41) is 26.0. The van der Waals surface area contributed by atoms with E-state index in [1.807, 2.05) is 81.7 Å². The van der Waals surface area contributed by atoms with Gasteiger partial charge in [0, 0.05) is 70.2 Å². The lowest BCUT2D eigenvalue weighted by Gasteiger charge is -2.36. The van der Waals surface area contributed by atoms with E-state index in [9.17, 15) is 24.3 Å². The van der Waals surface area contributed by atoms with Gasteiger partial charge in [0.15, 0.2) is 0 Å². The summed E-state index contributed by atoms with van der Waals surface area (Å²) in [5.41, 5.74) is 7.19. The zero-order valence-electron chi connectivity index (χ0n) is 40.4. The number of hydrogen-bond acceptors (Lipinski definition) is 15. The van der Waals surface area contributed by atoms with Crippen molar-refractivity contribution >= 4 is 46.3 Å². The van der Waals surface area contributed by atoms with Gasteiger partial charge in [-0.2, -0.15) is 5.10 Å². The van der Waals surface area contributed by atoms with Gasteiger partial charge in [-0.3, -0.25) is 29.2 Å². The number of nitrogens with zero attached hydrogens (tertiary/aromatic N) is 6. The molecule has 2 aliphatic rings. The standard InChI is InChI=1S/C50H64N10O9S/c1-33-45(70-32-52-33)35-11-9-34(10-12-35)29-51-48(64)42-28-37(61)30-60(42)49(65)46(50(2,3)4)56-44(62)31-69-26-25-68-24-23-67-22-21-58-17-19-59(20-18-58)36-13-14-40(43(27-36)66-5)55-47(63)41-8-6-7-38(54-41)39-15-16-53-57-39/h6-16,27,32,37,42,46,61H,17-26,28-31H2,1-5H3,(H,51,64)(H,53,57)(H,55,63)(H,56,62)/t37-,42+,46-/m1/s1. The molecule has 0 radical (unpaired) electrons. The fourth-order valence-corrected chi connectivity index (χ4v) is 9.10. The number of aromatic amines is 1. The second-order valence-corrected chi connectivity index (χ2v) is 19.1. The highest BCUT2D eigenvalue weighted by Crippen LogP contribution is 2.32. The molecular formula is C50H64N10O9S. The highest BCUT2D eigenvalue weighted by Gasteiger charge is 2.44. The molecular weight excluding hydrogens is 917 g/mol. The van der Waals surface area contributed by atoms with E-state index in [1.54, 1.807) is 42.8 Å². The predicted molar refractivity (Wildman–Crippen MR) is 266 cm³/mol. The minimum Gasteiger partial charge on any atom is -0.494 e. The number of amides is 4. The number of β-amino-alcohol motifs (C(OH)–C–C–N with tert-alkyl or cyclic N) is 1. The number of thiazole rings is 1. The highest BCUT2D eigenvalue weighted by molar-refractivity contribution is 7.13. The summed E-state index contributed by atoms with van der Waals surface area (Å²) < 4.78 is 22.7. The molecule has 2 aliphatic heterocycles. The Hall–Kier alpha value is -6.29. The number of methoxy groups -OCH3 is 1. The molecule has 374 valence electrons. The number of rotatable bonds is 22. The third-order valence-corrected chi connectivity index (χ3v) is 13.1. The van der Waals surface area contributed by atoms with Crippen LogP contribution in [0.25, 0.3) is 21.8 Å². The summed E-state index contributed by atoms with van der Waals surface area (Å²) in [4.78, 5) is 69.4. The number of carbonyl (C=O) groups excluding carboxylic acids is 4. The lowest BCUT2D eigenvalue weighted by molar-refractivity contribution is -0.144. The number of H-pyrrole nitrogens is 1. The molecule has 5 heterocycles. The number of aliphatic hydroxyl groups is 1. The number of benzene rings is 2. The first kappa shape index (κ1) is 51.6. The molecule has 2 saturated heterocycles. The lowest BCUT2D eigenvalue weighted by atomic mass is 9.85. The van der Waals surface area contributed by atoms with Gasteiger partial charge < -0.3 is 49.8 Å². The number of pyridine rings is 1. The van der Waals surface area contributed by atoms with E-state index in [-0.39, 0.29) is 56.8 Å². The van der Waals surface area contributed by atoms with Crippen molar-refractivity contribution in [1.82, 2.24) is 40.6 Å². The molecule has 0 aliphatic carbocycles. The van der Waals surface area contributed by atoms with E-state index in [1.165, 1.54) is 4.90 Å². The average Bonchev–Trinajstić information content (AvgIpc) is 4.15. The van der Waals surface area contributed by atoms with Gasteiger partial charge in [0.1, 0.15) is 30.1 Å². The largest absolute Gasteiger partial charge is 0.494 e. The van der Waals surface area contributed by atoms with E-state index in [4.69, 9.17) is 18.9 Å². The summed E-state index contributed by atoms with van der Waals surface area (Å²) in [7, 11) is 1.58. The molecule has 0 saturated carbocycles. The molecule has 4 amide bonds. The van der Waals surface area contributed by atoms with Crippen molar-refractivity contribution in [2.24, 2.45) is 5.41 Å². The van der Waals surface area contributed by atoms with Crippen molar-refractivity contribution in [3.8, 4) is 27.6 Å². The van der Waals surface area contributed by atoms with Crippen LogP contribution >= 0.6 is 11.3 Å². The highest BCUT2D eigenvalue weighted by atomic mass is 32.1. The molecule has 3 atom stereocenters. The molecule has 20 heteroatoms. The Morgan fingerprint density at radius 3 is 2.36 bits per heavy atom. The molecule has 70 heavy (non-hydrogen) atoms. The number of nitrogens with one attached hydrogen (secondary N) is 4. The fraction of sp³-hybridized carbons (Fsp3) is 0.460. The number of piperazine rings is 1. The van der Waals surface area contributed by atoms with Gasteiger partial charge in [0.2, 0.25) is 17.7 Å². The monoisotopic (exact) mass is 980 g/mol. The summed E-state index contributed by atoms with van der Waals surface area (Å²) in [6, 6.07) is 18.8. The van der Waals surface area contributed by atoms with Gasteiger partial charge in [0.05, 0.1) is 79.4 Å². The number of aryl methyl sites for hydroxylation is 1. The normalized spacial score (nSPS) is 16.8.